The van der Waals surface area contributed by atoms with Gasteiger partial charge >= 0.3 is 12.1 Å². The number of aromatic nitrogens is 1. The largest absolute Gasteiger partial charge is 0.481 e. The summed E-state index contributed by atoms with van der Waals surface area (Å²) in [6.07, 6.45) is 3.21. The van der Waals surface area contributed by atoms with Crippen molar-refractivity contribution >= 4 is 21.8 Å². The van der Waals surface area contributed by atoms with Crippen molar-refractivity contribution in [3.8, 4) is 11.3 Å². The summed E-state index contributed by atoms with van der Waals surface area (Å²) >= 11 is 0. The number of aryl methyl sites for hydroxylation is 1. The normalized spacial score (nSPS) is 21.8. The molecule has 0 aliphatic carbocycles. The van der Waals surface area contributed by atoms with E-state index in [4.69, 9.17) is 10.8 Å². The molecule has 1 aromatic carbocycles. The number of hydrogen-bond acceptors (Lipinski definition) is 6. The van der Waals surface area contributed by atoms with Gasteiger partial charge < -0.3 is 10.8 Å². The molecular weight excluding hydrogens is 545 g/mol. The van der Waals surface area contributed by atoms with Crippen molar-refractivity contribution in [1.82, 2.24) is 9.88 Å². The highest BCUT2D eigenvalue weighted by molar-refractivity contribution is 7.93. The van der Waals surface area contributed by atoms with Gasteiger partial charge in [-0.25, -0.2) is 13.4 Å². The Balaban J connectivity index is 1.93. The number of alkyl halides is 3. The number of hydrogen-bond donors (Lipinski definition) is 3. The van der Waals surface area contributed by atoms with Crippen LogP contribution in [0.5, 0.6) is 0 Å². The van der Waals surface area contributed by atoms with Crippen LogP contribution in [-0.4, -0.2) is 53.9 Å². The van der Waals surface area contributed by atoms with Gasteiger partial charge in [-0.3, -0.25) is 14.4 Å². The fraction of sp³-hybridized carbons (Fsp3) is 0.500. The second-order valence-electron chi connectivity index (χ2n) is 10.0. The van der Waals surface area contributed by atoms with Crippen LogP contribution >= 0.6 is 0 Å². The lowest BCUT2D eigenvalue weighted by Gasteiger charge is -2.27. The summed E-state index contributed by atoms with van der Waals surface area (Å²) in [7, 11) is -4.16. The molecule has 1 aliphatic rings. The average Bonchev–Trinajstić information content (AvgIpc) is 2.88. The zero-order valence-electron chi connectivity index (χ0n) is 22.5. The number of pyridine rings is 1. The number of unbranched alkanes of at least 4 members (excludes halogenated alkanes) is 1. The van der Waals surface area contributed by atoms with Crippen LogP contribution in [0.25, 0.3) is 11.3 Å². The van der Waals surface area contributed by atoms with Crippen LogP contribution in [-0.2, 0) is 27.4 Å². The lowest BCUT2D eigenvalue weighted by molar-refractivity contribution is -0.138. The first kappa shape index (κ1) is 31.6. The number of carboxylic acid groups (broad SMARTS) is 1. The number of carboxylic acids is 1. The van der Waals surface area contributed by atoms with Gasteiger partial charge in [0.05, 0.1) is 11.3 Å². The molecule has 1 aliphatic heterocycles. The van der Waals surface area contributed by atoms with E-state index in [0.717, 1.165) is 37.9 Å². The van der Waals surface area contributed by atoms with Crippen LogP contribution < -0.4 is 10.5 Å². The number of rotatable bonds is 5. The Labute approximate surface area is 233 Å². The zero-order valence-corrected chi connectivity index (χ0v) is 23.3. The van der Waals surface area contributed by atoms with Gasteiger partial charge in [0.15, 0.2) is 0 Å². The first-order valence-electron chi connectivity index (χ1n) is 13.4. The fourth-order valence-electron chi connectivity index (χ4n) is 4.72. The third kappa shape index (κ3) is 9.03. The van der Waals surface area contributed by atoms with Crippen LogP contribution in [0.3, 0.4) is 0 Å². The highest BCUT2D eigenvalue weighted by Crippen LogP contribution is 2.38. The molecule has 3 rings (SSSR count). The number of carbonyl (C=O) groups is 1. The van der Waals surface area contributed by atoms with Crippen LogP contribution in [0, 0.1) is 0 Å². The molecule has 40 heavy (non-hydrogen) atoms. The Hall–Kier alpha value is -2.96. The maximum Gasteiger partial charge on any atom is 0.418 e. The summed E-state index contributed by atoms with van der Waals surface area (Å²) in [5.74, 6) is -1.07. The van der Waals surface area contributed by atoms with Crippen molar-refractivity contribution in [2.75, 3.05) is 17.8 Å². The predicted octanol–water partition coefficient (Wildman–Crippen LogP) is 5.41. The SMILES string of the molecule is CC1/C=C\CC(N)S(=O)(=O)Nc2ccc(C(F)(F)F)c(n2)-c2ccccc2CCCCCN1CCCCC(=O)O. The van der Waals surface area contributed by atoms with Gasteiger partial charge in [0.25, 0.3) is 0 Å². The summed E-state index contributed by atoms with van der Waals surface area (Å²) in [6.45, 7) is 3.43. The molecule has 8 nitrogen and oxygen atoms in total. The lowest BCUT2D eigenvalue weighted by Crippen LogP contribution is -2.36. The first-order chi connectivity index (χ1) is 18.9. The summed E-state index contributed by atoms with van der Waals surface area (Å²) in [6, 6.07) is 8.55. The van der Waals surface area contributed by atoms with E-state index in [1.807, 2.05) is 13.0 Å². The maximum atomic E-state index is 13.9. The fourth-order valence-corrected chi connectivity index (χ4v) is 5.64. The highest BCUT2D eigenvalue weighted by Gasteiger charge is 2.35. The lowest BCUT2D eigenvalue weighted by atomic mass is 9.96. The molecule has 0 radical (unpaired) electrons. The van der Waals surface area contributed by atoms with Crippen LogP contribution in [0.4, 0.5) is 19.0 Å². The number of nitrogens with zero attached hydrogens (tertiary/aromatic N) is 2. The van der Waals surface area contributed by atoms with Gasteiger partial charge in [0, 0.05) is 18.0 Å². The van der Waals surface area contributed by atoms with Gasteiger partial charge in [-0.1, -0.05) is 42.8 Å². The minimum absolute atomic E-state index is 0.0111. The van der Waals surface area contributed by atoms with E-state index in [-0.39, 0.29) is 30.4 Å². The van der Waals surface area contributed by atoms with E-state index in [9.17, 15) is 26.4 Å². The summed E-state index contributed by atoms with van der Waals surface area (Å²) < 4.78 is 69.9. The Morgan fingerprint density at radius 2 is 1.90 bits per heavy atom. The van der Waals surface area contributed by atoms with Crippen LogP contribution in [0.1, 0.15) is 63.0 Å². The van der Waals surface area contributed by atoms with Gasteiger partial charge in [-0.05, 0) is 76.2 Å². The van der Waals surface area contributed by atoms with Gasteiger partial charge in [-0.15, -0.1) is 0 Å². The second kappa shape index (κ2) is 14.1. The summed E-state index contributed by atoms with van der Waals surface area (Å²) in [4.78, 5) is 17.2. The number of anilines is 1. The highest BCUT2D eigenvalue weighted by atomic mass is 32.2. The number of sulfonamides is 1. The number of benzene rings is 1. The van der Waals surface area contributed by atoms with E-state index in [2.05, 4.69) is 14.6 Å². The topological polar surface area (TPSA) is 126 Å². The standard InChI is InChI=1S/C28H37F3N4O4S/c1-20-10-9-14-24(32)40(38,39)34-25-17-16-23(28(29,30)31)27(33-25)22-13-5-4-12-21(22)11-3-2-7-18-35(20)19-8-6-15-26(36)37/h4-5,9-10,12-13,16-17,20,24H,2-3,6-8,11,14-15,18-19,32H2,1H3,(H,33,34)(H,36,37)/b10-9-. The van der Waals surface area contributed by atoms with Gasteiger partial charge in [0.1, 0.15) is 11.2 Å². The molecule has 2 aromatic rings. The van der Waals surface area contributed by atoms with Crippen molar-refractivity contribution in [2.24, 2.45) is 5.73 Å². The molecule has 2 heterocycles. The number of fused-ring (bicyclic) bond motifs is 4. The second-order valence-corrected chi connectivity index (χ2v) is 11.9. The number of aliphatic carboxylic acids is 1. The number of nitrogens with one attached hydrogen (secondary N) is 1. The van der Waals surface area contributed by atoms with Crippen molar-refractivity contribution in [1.29, 1.82) is 0 Å². The minimum Gasteiger partial charge on any atom is -0.481 e. The van der Waals surface area contributed by atoms with Gasteiger partial charge in [0.2, 0.25) is 10.0 Å². The minimum atomic E-state index is -4.68. The molecule has 220 valence electrons. The molecule has 2 unspecified atom stereocenters. The van der Waals surface area contributed by atoms with E-state index in [1.54, 1.807) is 30.3 Å². The maximum absolute atomic E-state index is 13.9. The van der Waals surface area contributed by atoms with Crippen molar-refractivity contribution in [3.63, 3.8) is 0 Å². The van der Waals surface area contributed by atoms with Crippen molar-refractivity contribution < 1.29 is 31.5 Å². The molecule has 4 N–H and O–H groups in total. The van der Waals surface area contributed by atoms with Crippen LogP contribution in [0.2, 0.25) is 0 Å². The van der Waals surface area contributed by atoms with E-state index >= 15 is 0 Å². The summed E-state index contributed by atoms with van der Waals surface area (Å²) in [5, 5.41) is 7.58. The zero-order chi connectivity index (χ0) is 29.3. The van der Waals surface area contributed by atoms with E-state index < -0.39 is 33.1 Å². The Morgan fingerprint density at radius 3 is 2.62 bits per heavy atom. The number of halogens is 3. The molecular formula is C28H37F3N4O4S. The quantitative estimate of drug-likeness (QED) is 0.318. The molecule has 12 heteroatoms. The third-order valence-electron chi connectivity index (χ3n) is 6.95. The Kier molecular flexibility index (Phi) is 11.1. The third-order valence-corrected chi connectivity index (χ3v) is 8.44. The molecule has 0 saturated heterocycles. The monoisotopic (exact) mass is 582 g/mol. The molecule has 0 amide bonds. The van der Waals surface area contributed by atoms with Crippen molar-refractivity contribution in [2.45, 2.75) is 75.9 Å². The van der Waals surface area contributed by atoms with Crippen molar-refractivity contribution in [3.05, 3.63) is 59.7 Å². The molecule has 1 aromatic heterocycles. The molecule has 0 spiro atoms. The molecule has 0 saturated carbocycles. The van der Waals surface area contributed by atoms with Crippen LogP contribution in [0.15, 0.2) is 48.6 Å². The Bertz CT molecular complexity index is 1280. The van der Waals surface area contributed by atoms with E-state index in [1.165, 1.54) is 0 Å². The molecule has 2 bridgehead atoms. The molecule has 2 atom stereocenters. The predicted molar refractivity (Wildman–Crippen MR) is 149 cm³/mol. The average molecular weight is 583 g/mol. The molecule has 0 fully saturated rings. The Morgan fingerprint density at radius 1 is 1.15 bits per heavy atom. The first-order valence-corrected chi connectivity index (χ1v) is 15.0. The smallest absolute Gasteiger partial charge is 0.418 e. The van der Waals surface area contributed by atoms with Gasteiger partial charge in [-0.2, -0.15) is 13.2 Å². The number of nitrogens with two attached hydrogens (primary N) is 1. The summed E-state index contributed by atoms with van der Waals surface area (Å²) in [5.41, 5.74) is 5.69. The van der Waals surface area contributed by atoms with E-state index in [0.29, 0.717) is 36.9 Å².